The highest BCUT2D eigenvalue weighted by molar-refractivity contribution is 6.04. The van der Waals surface area contributed by atoms with Crippen molar-refractivity contribution < 1.29 is 9.59 Å². The molecule has 1 rings (SSSR count). The van der Waals surface area contributed by atoms with Crippen molar-refractivity contribution in [1.82, 2.24) is 19.6 Å². The van der Waals surface area contributed by atoms with Crippen molar-refractivity contribution in [3.05, 3.63) is 0 Å². The molecular formula is C12H24N4O2. The molecule has 0 aromatic carbocycles. The van der Waals surface area contributed by atoms with E-state index in [0.717, 1.165) is 0 Å². The van der Waals surface area contributed by atoms with Gasteiger partial charge in [-0.1, -0.05) is 13.8 Å². The van der Waals surface area contributed by atoms with Crippen molar-refractivity contribution >= 4 is 11.9 Å². The van der Waals surface area contributed by atoms with Crippen molar-refractivity contribution in [1.29, 1.82) is 0 Å². The van der Waals surface area contributed by atoms with Crippen molar-refractivity contribution in [3.63, 3.8) is 0 Å². The molecule has 1 fully saturated rings. The zero-order valence-corrected chi connectivity index (χ0v) is 12.2. The Morgan fingerprint density at radius 3 is 1.94 bits per heavy atom. The van der Waals surface area contributed by atoms with Gasteiger partial charge < -0.3 is 0 Å². The molecule has 1 heterocycles. The van der Waals surface area contributed by atoms with Gasteiger partial charge in [-0.25, -0.2) is 9.69 Å². The zero-order chi connectivity index (χ0) is 14.0. The van der Waals surface area contributed by atoms with Gasteiger partial charge >= 0.3 is 6.03 Å². The SMILES string of the molecule is CC(C)C1C(=O)N(CN(C)C)C(=O)N1CN(C)C. The molecule has 18 heavy (non-hydrogen) atoms. The summed E-state index contributed by atoms with van der Waals surface area (Å²) in [5.74, 6) is 0.0270. The van der Waals surface area contributed by atoms with E-state index in [4.69, 9.17) is 0 Å². The third-order valence-electron chi connectivity index (χ3n) is 2.82. The van der Waals surface area contributed by atoms with Gasteiger partial charge in [-0.3, -0.25) is 19.5 Å². The van der Waals surface area contributed by atoms with Gasteiger partial charge in [0.25, 0.3) is 5.91 Å². The lowest BCUT2D eigenvalue weighted by molar-refractivity contribution is -0.130. The van der Waals surface area contributed by atoms with Gasteiger partial charge in [0, 0.05) is 0 Å². The summed E-state index contributed by atoms with van der Waals surface area (Å²) in [6.45, 7) is 4.75. The topological polar surface area (TPSA) is 47.1 Å². The summed E-state index contributed by atoms with van der Waals surface area (Å²) in [5, 5.41) is 0. The maximum Gasteiger partial charge on any atom is 0.329 e. The first-order valence-electron chi connectivity index (χ1n) is 6.17. The monoisotopic (exact) mass is 256 g/mol. The van der Waals surface area contributed by atoms with Crippen LogP contribution in [-0.4, -0.2) is 79.1 Å². The van der Waals surface area contributed by atoms with Gasteiger partial charge in [-0.05, 0) is 34.1 Å². The largest absolute Gasteiger partial charge is 0.329 e. The molecule has 3 amide bonds. The number of rotatable bonds is 5. The standard InChI is InChI=1S/C12H24N4O2/c1-9(2)10-11(17)16(8-14(5)6)12(18)15(10)7-13(3)4/h9-10H,7-8H2,1-6H3. The fourth-order valence-electron chi connectivity index (χ4n) is 2.17. The van der Waals surface area contributed by atoms with Crippen molar-refractivity contribution in [2.45, 2.75) is 19.9 Å². The van der Waals surface area contributed by atoms with E-state index >= 15 is 0 Å². The van der Waals surface area contributed by atoms with E-state index in [-0.39, 0.29) is 23.9 Å². The first kappa shape index (κ1) is 14.9. The average Bonchev–Trinajstić information content (AvgIpc) is 2.41. The van der Waals surface area contributed by atoms with Crippen molar-refractivity contribution in [2.24, 2.45) is 5.92 Å². The van der Waals surface area contributed by atoms with Crippen LogP contribution in [0.25, 0.3) is 0 Å². The maximum absolute atomic E-state index is 12.3. The summed E-state index contributed by atoms with van der Waals surface area (Å²) < 4.78 is 0. The molecule has 0 N–H and O–H groups in total. The molecule has 1 saturated heterocycles. The summed E-state index contributed by atoms with van der Waals surface area (Å²) in [6.07, 6.45) is 0. The molecule has 104 valence electrons. The molecule has 6 nitrogen and oxygen atoms in total. The van der Waals surface area contributed by atoms with Crippen LogP contribution in [0, 0.1) is 5.92 Å². The fourth-order valence-corrected chi connectivity index (χ4v) is 2.17. The first-order chi connectivity index (χ1) is 8.25. The van der Waals surface area contributed by atoms with Crippen LogP contribution >= 0.6 is 0 Å². The quantitative estimate of drug-likeness (QED) is 0.664. The molecule has 1 aliphatic heterocycles. The van der Waals surface area contributed by atoms with Gasteiger partial charge in [0.05, 0.1) is 13.3 Å². The Kier molecular flexibility index (Phi) is 4.70. The first-order valence-corrected chi connectivity index (χ1v) is 6.17. The Hall–Kier alpha value is -1.14. The second kappa shape index (κ2) is 5.67. The number of imide groups is 1. The van der Waals surface area contributed by atoms with Crippen LogP contribution in [-0.2, 0) is 4.79 Å². The minimum absolute atomic E-state index is 0.0921. The minimum atomic E-state index is -0.347. The van der Waals surface area contributed by atoms with Gasteiger partial charge in [0.2, 0.25) is 0 Å². The Morgan fingerprint density at radius 2 is 1.56 bits per heavy atom. The second-order valence-electron chi connectivity index (χ2n) is 5.65. The average molecular weight is 256 g/mol. The fraction of sp³-hybridized carbons (Fsp3) is 0.833. The Morgan fingerprint density at radius 1 is 1.06 bits per heavy atom. The Bertz CT molecular complexity index is 328. The summed E-state index contributed by atoms with van der Waals surface area (Å²) >= 11 is 0. The van der Waals surface area contributed by atoms with Gasteiger partial charge in [-0.2, -0.15) is 0 Å². The third kappa shape index (κ3) is 3.00. The molecule has 0 radical (unpaired) electrons. The summed E-state index contributed by atoms with van der Waals surface area (Å²) in [6, 6.07) is -0.541. The number of carbonyl (C=O) groups excluding carboxylic acids is 2. The van der Waals surface area contributed by atoms with E-state index in [2.05, 4.69) is 0 Å². The molecule has 1 unspecified atom stereocenters. The highest BCUT2D eigenvalue weighted by Gasteiger charge is 2.46. The molecule has 0 saturated carbocycles. The predicted molar refractivity (Wildman–Crippen MR) is 69.8 cm³/mol. The van der Waals surface area contributed by atoms with Gasteiger partial charge in [-0.15, -0.1) is 0 Å². The molecule has 0 aliphatic carbocycles. The van der Waals surface area contributed by atoms with E-state index in [0.29, 0.717) is 13.3 Å². The highest BCUT2D eigenvalue weighted by Crippen LogP contribution is 2.23. The van der Waals surface area contributed by atoms with Crippen LogP contribution in [0.2, 0.25) is 0 Å². The molecule has 0 bridgehead atoms. The lowest BCUT2D eigenvalue weighted by atomic mass is 10.0. The number of hydrogen-bond donors (Lipinski definition) is 0. The molecule has 0 aromatic rings. The van der Waals surface area contributed by atoms with Crippen molar-refractivity contribution in [3.8, 4) is 0 Å². The number of urea groups is 1. The molecule has 1 aliphatic rings. The third-order valence-corrected chi connectivity index (χ3v) is 2.82. The maximum atomic E-state index is 12.3. The highest BCUT2D eigenvalue weighted by atomic mass is 16.2. The zero-order valence-electron chi connectivity index (χ0n) is 12.2. The molecule has 1 atom stereocenters. The van der Waals surface area contributed by atoms with Gasteiger partial charge in [0.1, 0.15) is 6.04 Å². The number of amides is 3. The van der Waals surface area contributed by atoms with E-state index in [1.807, 2.05) is 51.8 Å². The van der Waals surface area contributed by atoms with Crippen LogP contribution in [0.3, 0.4) is 0 Å². The summed E-state index contributed by atoms with van der Waals surface area (Å²) in [7, 11) is 7.48. The normalized spacial score (nSPS) is 21.1. The summed E-state index contributed by atoms with van der Waals surface area (Å²) in [5.41, 5.74) is 0. The summed E-state index contributed by atoms with van der Waals surface area (Å²) in [4.78, 5) is 31.3. The van der Waals surface area contributed by atoms with Crippen LogP contribution in [0.1, 0.15) is 13.8 Å². The lowest BCUT2D eigenvalue weighted by Gasteiger charge is -2.27. The van der Waals surface area contributed by atoms with Crippen LogP contribution < -0.4 is 0 Å². The number of nitrogens with zero attached hydrogens (tertiary/aromatic N) is 4. The van der Waals surface area contributed by atoms with E-state index in [1.54, 1.807) is 4.90 Å². The van der Waals surface area contributed by atoms with Crippen LogP contribution in [0.5, 0.6) is 0 Å². The second-order valence-corrected chi connectivity index (χ2v) is 5.65. The van der Waals surface area contributed by atoms with Gasteiger partial charge in [0.15, 0.2) is 0 Å². The molecule has 0 spiro atoms. The minimum Gasteiger partial charge on any atom is -0.299 e. The van der Waals surface area contributed by atoms with E-state index in [1.165, 1.54) is 4.90 Å². The van der Waals surface area contributed by atoms with Crippen molar-refractivity contribution in [2.75, 3.05) is 41.5 Å². The Labute approximate surface area is 109 Å². The molecular weight excluding hydrogens is 232 g/mol. The van der Waals surface area contributed by atoms with E-state index in [9.17, 15) is 9.59 Å². The number of hydrogen-bond acceptors (Lipinski definition) is 4. The molecule has 6 heteroatoms. The smallest absolute Gasteiger partial charge is 0.299 e. The number of carbonyl (C=O) groups is 2. The predicted octanol–water partition coefficient (Wildman–Crippen LogP) is 0.313. The van der Waals surface area contributed by atoms with E-state index < -0.39 is 0 Å². The molecule has 0 aromatic heterocycles. The van der Waals surface area contributed by atoms with Crippen LogP contribution in [0.15, 0.2) is 0 Å². The lowest BCUT2D eigenvalue weighted by Crippen LogP contribution is -2.44. The van der Waals surface area contributed by atoms with Crippen LogP contribution in [0.4, 0.5) is 4.79 Å². The Balaban J connectivity index is 2.94.